The van der Waals surface area contributed by atoms with Crippen LogP contribution in [0.25, 0.3) is 0 Å². The van der Waals surface area contributed by atoms with E-state index in [0.717, 1.165) is 18.7 Å². The Hall–Kier alpha value is -1.14. The molecule has 1 fully saturated rings. The van der Waals surface area contributed by atoms with Crippen molar-refractivity contribution in [1.82, 2.24) is 4.90 Å². The topological polar surface area (TPSA) is 49.4 Å². The first-order valence-corrected chi connectivity index (χ1v) is 10.4. The Morgan fingerprint density at radius 2 is 2.00 bits per heavy atom. The van der Waals surface area contributed by atoms with E-state index in [1.165, 1.54) is 5.56 Å². The summed E-state index contributed by atoms with van der Waals surface area (Å²) in [7, 11) is -2.92. The van der Waals surface area contributed by atoms with Crippen molar-refractivity contribution in [3.8, 4) is 0 Å². The van der Waals surface area contributed by atoms with Crippen LogP contribution in [0.15, 0.2) is 24.3 Å². The molecule has 0 unspecified atom stereocenters. The van der Waals surface area contributed by atoms with E-state index in [2.05, 4.69) is 43.1 Å². The summed E-state index contributed by atoms with van der Waals surface area (Å²) in [6, 6.07) is 8.18. The highest BCUT2D eigenvalue weighted by Crippen LogP contribution is 2.21. The lowest BCUT2D eigenvalue weighted by molar-refractivity contribution is 0.303. The van der Waals surface area contributed by atoms with Crippen LogP contribution >= 0.6 is 12.2 Å². The molecule has 1 aliphatic rings. The fourth-order valence-electron chi connectivity index (χ4n) is 2.83. The molecule has 0 amide bonds. The molecular weight excluding hydrogens is 328 g/mol. The molecule has 0 saturated carbocycles. The molecule has 0 spiro atoms. The monoisotopic (exact) mass is 354 g/mol. The summed E-state index contributed by atoms with van der Waals surface area (Å²) in [5.41, 5.74) is 2.23. The molecule has 4 nitrogen and oxygen atoms in total. The minimum atomic E-state index is -2.92. The van der Waals surface area contributed by atoms with Gasteiger partial charge in [0.15, 0.2) is 14.9 Å². The number of nitrogens with zero attached hydrogens (tertiary/aromatic N) is 1. The number of anilines is 1. The maximum atomic E-state index is 11.8. The lowest BCUT2D eigenvalue weighted by Gasteiger charge is -2.32. The fraction of sp³-hybridized carbons (Fsp3) is 0.588. The van der Waals surface area contributed by atoms with Crippen molar-refractivity contribution in [3.05, 3.63) is 29.8 Å². The molecule has 2 rings (SSSR count). The summed E-state index contributed by atoms with van der Waals surface area (Å²) in [6.07, 6.45) is 1.66. The van der Waals surface area contributed by atoms with Crippen molar-refractivity contribution >= 4 is 32.9 Å². The van der Waals surface area contributed by atoms with E-state index in [1.54, 1.807) is 0 Å². The first-order chi connectivity index (χ1) is 10.8. The third-order valence-electron chi connectivity index (χ3n) is 4.09. The van der Waals surface area contributed by atoms with Crippen molar-refractivity contribution in [2.75, 3.05) is 23.4 Å². The molecule has 1 saturated heterocycles. The van der Waals surface area contributed by atoms with Crippen LogP contribution in [0.5, 0.6) is 0 Å². The van der Waals surface area contributed by atoms with E-state index in [0.29, 0.717) is 17.5 Å². The largest absolute Gasteiger partial charge is 0.345 e. The molecule has 0 radical (unpaired) electrons. The van der Waals surface area contributed by atoms with Crippen LogP contribution in [0.1, 0.15) is 32.8 Å². The molecular formula is C17H26N2O2S2. The summed E-state index contributed by atoms with van der Waals surface area (Å²) in [6.45, 7) is 7.13. The molecule has 0 bridgehead atoms. The van der Waals surface area contributed by atoms with Crippen molar-refractivity contribution in [2.24, 2.45) is 5.92 Å². The van der Waals surface area contributed by atoms with Gasteiger partial charge in [-0.25, -0.2) is 8.42 Å². The van der Waals surface area contributed by atoms with Crippen molar-refractivity contribution in [1.29, 1.82) is 0 Å². The van der Waals surface area contributed by atoms with Gasteiger partial charge in [-0.2, -0.15) is 0 Å². The minimum absolute atomic E-state index is 0.0164. The van der Waals surface area contributed by atoms with Gasteiger partial charge in [-0.15, -0.1) is 0 Å². The smallest absolute Gasteiger partial charge is 0.173 e. The highest BCUT2D eigenvalue weighted by Gasteiger charge is 2.33. The zero-order valence-electron chi connectivity index (χ0n) is 14.1. The van der Waals surface area contributed by atoms with Gasteiger partial charge < -0.3 is 10.2 Å². The van der Waals surface area contributed by atoms with Crippen molar-refractivity contribution in [3.63, 3.8) is 0 Å². The number of aryl methyl sites for hydroxylation is 1. The minimum Gasteiger partial charge on any atom is -0.345 e. The Morgan fingerprint density at radius 1 is 1.35 bits per heavy atom. The number of thiocarbonyl (C=S) groups is 1. The highest BCUT2D eigenvalue weighted by molar-refractivity contribution is 7.91. The number of sulfone groups is 1. The van der Waals surface area contributed by atoms with E-state index in [1.807, 2.05) is 12.1 Å². The van der Waals surface area contributed by atoms with Gasteiger partial charge in [-0.05, 0) is 48.7 Å². The maximum Gasteiger partial charge on any atom is 0.173 e. The standard InChI is InChI=1S/C17H26N2O2S2/c1-4-14-5-7-15(8-6-14)18-17(22)19(11-13(2)3)16-9-10-23(20,21)12-16/h5-8,13,16H,4,9-12H2,1-3H3,(H,18,22)/t16-/m1/s1. The third kappa shape index (κ3) is 5.18. The number of hydrogen-bond donors (Lipinski definition) is 1. The zero-order chi connectivity index (χ0) is 17.0. The van der Waals surface area contributed by atoms with Crippen molar-refractivity contribution < 1.29 is 8.42 Å². The van der Waals surface area contributed by atoms with Gasteiger partial charge in [-0.1, -0.05) is 32.9 Å². The van der Waals surface area contributed by atoms with Crippen molar-refractivity contribution in [2.45, 2.75) is 39.7 Å². The lowest BCUT2D eigenvalue weighted by atomic mass is 10.1. The van der Waals surface area contributed by atoms with Crippen LogP contribution < -0.4 is 5.32 Å². The lowest BCUT2D eigenvalue weighted by Crippen LogP contribution is -2.45. The Balaban J connectivity index is 2.09. The Labute approximate surface area is 145 Å². The SMILES string of the molecule is CCc1ccc(NC(=S)N(CC(C)C)[C@@H]2CCS(=O)(=O)C2)cc1. The highest BCUT2D eigenvalue weighted by atomic mass is 32.2. The van der Waals surface area contributed by atoms with Crippen LogP contribution in [0, 0.1) is 5.92 Å². The van der Waals surface area contributed by atoms with Crippen LogP contribution in [-0.2, 0) is 16.3 Å². The molecule has 1 aliphatic heterocycles. The molecule has 1 heterocycles. The van der Waals surface area contributed by atoms with Crippen LogP contribution in [0.3, 0.4) is 0 Å². The summed E-state index contributed by atoms with van der Waals surface area (Å²) < 4.78 is 23.6. The van der Waals surface area contributed by atoms with E-state index in [-0.39, 0.29) is 17.5 Å². The Morgan fingerprint density at radius 3 is 2.48 bits per heavy atom. The molecule has 6 heteroatoms. The van der Waals surface area contributed by atoms with Gasteiger partial charge in [0.25, 0.3) is 0 Å². The number of hydrogen-bond acceptors (Lipinski definition) is 3. The summed E-state index contributed by atoms with van der Waals surface area (Å²) in [5, 5.41) is 3.88. The number of rotatable bonds is 5. The molecule has 1 atom stereocenters. The second-order valence-electron chi connectivity index (χ2n) is 6.58. The number of benzene rings is 1. The molecule has 0 aromatic heterocycles. The number of nitrogens with one attached hydrogen (secondary N) is 1. The van der Waals surface area contributed by atoms with Gasteiger partial charge >= 0.3 is 0 Å². The van der Waals surface area contributed by atoms with E-state index in [9.17, 15) is 8.42 Å². The average molecular weight is 355 g/mol. The second kappa shape index (κ2) is 7.62. The van der Waals surface area contributed by atoms with Gasteiger partial charge in [0, 0.05) is 18.3 Å². The van der Waals surface area contributed by atoms with E-state index >= 15 is 0 Å². The predicted octanol–water partition coefficient (Wildman–Crippen LogP) is 3.09. The quantitative estimate of drug-likeness (QED) is 0.824. The Bertz CT molecular complexity index is 639. The van der Waals surface area contributed by atoms with Gasteiger partial charge in [0.2, 0.25) is 0 Å². The van der Waals surface area contributed by atoms with Gasteiger partial charge in [-0.3, -0.25) is 0 Å². The first-order valence-electron chi connectivity index (χ1n) is 8.17. The molecule has 0 aliphatic carbocycles. The molecule has 1 N–H and O–H groups in total. The zero-order valence-corrected chi connectivity index (χ0v) is 15.7. The van der Waals surface area contributed by atoms with Crippen LogP contribution in [0.4, 0.5) is 5.69 Å². The summed E-state index contributed by atoms with van der Waals surface area (Å²) in [4.78, 5) is 2.05. The van der Waals surface area contributed by atoms with Gasteiger partial charge in [0.05, 0.1) is 11.5 Å². The maximum absolute atomic E-state index is 11.8. The average Bonchev–Trinajstić information content (AvgIpc) is 2.85. The third-order valence-corrected chi connectivity index (χ3v) is 6.17. The fourth-order valence-corrected chi connectivity index (χ4v) is 4.90. The van der Waals surface area contributed by atoms with E-state index < -0.39 is 9.84 Å². The van der Waals surface area contributed by atoms with Crippen LogP contribution in [0.2, 0.25) is 0 Å². The molecule has 128 valence electrons. The first kappa shape index (κ1) is 18.2. The predicted molar refractivity (Wildman–Crippen MR) is 101 cm³/mol. The second-order valence-corrected chi connectivity index (χ2v) is 9.20. The normalized spacial score (nSPS) is 19.7. The Kier molecular flexibility index (Phi) is 6.03. The van der Waals surface area contributed by atoms with Gasteiger partial charge in [0.1, 0.15) is 0 Å². The van der Waals surface area contributed by atoms with Crippen LogP contribution in [-0.4, -0.2) is 42.5 Å². The molecule has 1 aromatic carbocycles. The molecule has 23 heavy (non-hydrogen) atoms. The summed E-state index contributed by atoms with van der Waals surface area (Å²) >= 11 is 5.57. The van der Waals surface area contributed by atoms with E-state index in [4.69, 9.17) is 12.2 Å². The summed E-state index contributed by atoms with van der Waals surface area (Å²) in [5.74, 6) is 0.886. The molecule has 1 aromatic rings.